The Kier molecular flexibility index (Phi) is 6.58. The highest BCUT2D eigenvalue weighted by atomic mass is 32.2. The Hall–Kier alpha value is -2.72. The van der Waals surface area contributed by atoms with Gasteiger partial charge in [0.2, 0.25) is 0 Å². The summed E-state index contributed by atoms with van der Waals surface area (Å²) in [5.74, 6) is 0.990. The number of amides is 1. The van der Waals surface area contributed by atoms with Crippen molar-refractivity contribution in [2.24, 2.45) is 4.99 Å². The van der Waals surface area contributed by atoms with Gasteiger partial charge >= 0.3 is 0 Å². The molecule has 0 aliphatic carbocycles. The smallest absolute Gasteiger partial charge is 0.252 e. The summed E-state index contributed by atoms with van der Waals surface area (Å²) in [4.78, 5) is 21.2. The van der Waals surface area contributed by atoms with Crippen LogP contribution >= 0.6 is 11.8 Å². The third kappa shape index (κ3) is 4.96. The summed E-state index contributed by atoms with van der Waals surface area (Å²) in [7, 11) is 3.90. The van der Waals surface area contributed by atoms with Gasteiger partial charge in [0.05, 0.1) is 38.2 Å². The molecule has 2 saturated heterocycles. The van der Waals surface area contributed by atoms with Crippen molar-refractivity contribution in [2.45, 2.75) is 17.7 Å². The zero-order valence-electron chi connectivity index (χ0n) is 19.0. The molecule has 0 bridgehead atoms. The van der Waals surface area contributed by atoms with E-state index in [1.54, 1.807) is 32.4 Å². The average Bonchev–Trinajstić information content (AvgIpc) is 3.24. The Morgan fingerprint density at radius 2 is 1.79 bits per heavy atom. The van der Waals surface area contributed by atoms with Crippen molar-refractivity contribution in [3.8, 4) is 11.5 Å². The SMILES string of the molecule is COc1ccc(CC(=O)N=C2S[C@H]3CS(=O)(=O)C[C@H]3N2c2ccc(N(C)C)cc2)cc1OC. The van der Waals surface area contributed by atoms with Gasteiger partial charge in [-0.15, -0.1) is 0 Å². The molecule has 2 aliphatic rings. The molecule has 33 heavy (non-hydrogen) atoms. The van der Waals surface area contributed by atoms with Crippen molar-refractivity contribution in [1.29, 1.82) is 0 Å². The van der Waals surface area contributed by atoms with E-state index in [1.807, 2.05) is 48.2 Å². The van der Waals surface area contributed by atoms with E-state index in [0.717, 1.165) is 16.9 Å². The molecule has 8 nitrogen and oxygen atoms in total. The highest BCUT2D eigenvalue weighted by molar-refractivity contribution is 8.16. The van der Waals surface area contributed by atoms with E-state index in [9.17, 15) is 13.2 Å². The van der Waals surface area contributed by atoms with Gasteiger partial charge in [-0.1, -0.05) is 17.8 Å². The largest absolute Gasteiger partial charge is 0.493 e. The van der Waals surface area contributed by atoms with Crippen LogP contribution in [0.15, 0.2) is 47.5 Å². The maximum atomic E-state index is 12.9. The fourth-order valence-corrected chi connectivity index (χ4v) is 8.02. The summed E-state index contributed by atoms with van der Waals surface area (Å²) in [5, 5.41) is 0.402. The Bertz CT molecular complexity index is 1180. The zero-order valence-corrected chi connectivity index (χ0v) is 20.6. The third-order valence-corrected chi connectivity index (χ3v) is 8.94. The number of fused-ring (bicyclic) bond motifs is 1. The molecule has 176 valence electrons. The van der Waals surface area contributed by atoms with Crippen LogP contribution in [-0.2, 0) is 21.1 Å². The van der Waals surface area contributed by atoms with Crippen LogP contribution in [0.4, 0.5) is 11.4 Å². The van der Waals surface area contributed by atoms with E-state index in [1.165, 1.54) is 11.8 Å². The number of hydrogen-bond acceptors (Lipinski definition) is 7. The molecule has 10 heteroatoms. The molecule has 2 atom stereocenters. The molecule has 0 radical (unpaired) electrons. The Morgan fingerprint density at radius 3 is 2.42 bits per heavy atom. The molecule has 0 saturated carbocycles. The highest BCUT2D eigenvalue weighted by Gasteiger charge is 2.49. The van der Waals surface area contributed by atoms with Crippen molar-refractivity contribution in [2.75, 3.05) is 49.6 Å². The van der Waals surface area contributed by atoms with E-state index in [-0.39, 0.29) is 35.1 Å². The topological polar surface area (TPSA) is 88.5 Å². The van der Waals surface area contributed by atoms with E-state index in [0.29, 0.717) is 16.7 Å². The molecule has 0 N–H and O–H groups in total. The Morgan fingerprint density at radius 1 is 1.09 bits per heavy atom. The monoisotopic (exact) mass is 489 g/mol. The van der Waals surface area contributed by atoms with Gasteiger partial charge in [0.1, 0.15) is 0 Å². The van der Waals surface area contributed by atoms with Gasteiger partial charge in [-0.05, 0) is 42.0 Å². The summed E-state index contributed by atoms with van der Waals surface area (Å²) in [6, 6.07) is 12.9. The average molecular weight is 490 g/mol. The maximum absolute atomic E-state index is 12.9. The van der Waals surface area contributed by atoms with Gasteiger partial charge < -0.3 is 19.3 Å². The second-order valence-corrected chi connectivity index (χ2v) is 11.6. The molecule has 1 amide bonds. The van der Waals surface area contributed by atoms with Gasteiger partial charge in [-0.3, -0.25) is 4.79 Å². The predicted molar refractivity (Wildman–Crippen MR) is 133 cm³/mol. The summed E-state index contributed by atoms with van der Waals surface area (Å²) >= 11 is 1.37. The van der Waals surface area contributed by atoms with Gasteiger partial charge in [0.25, 0.3) is 5.91 Å². The van der Waals surface area contributed by atoms with E-state index in [2.05, 4.69) is 4.99 Å². The van der Waals surface area contributed by atoms with Crippen molar-refractivity contribution in [3.63, 3.8) is 0 Å². The normalized spacial score (nSPS) is 22.3. The molecule has 4 rings (SSSR count). The fraction of sp³-hybridized carbons (Fsp3) is 0.391. The van der Waals surface area contributed by atoms with Crippen molar-refractivity contribution in [3.05, 3.63) is 48.0 Å². The number of methoxy groups -OCH3 is 2. The number of anilines is 2. The first-order valence-electron chi connectivity index (χ1n) is 10.5. The first-order chi connectivity index (χ1) is 15.7. The van der Waals surface area contributed by atoms with Gasteiger partial charge in [-0.25, -0.2) is 8.42 Å². The standard InChI is InChI=1S/C23H27N3O5S2/c1-25(2)16-6-8-17(9-7-16)26-18-13-33(28,29)14-21(18)32-23(26)24-22(27)12-15-5-10-19(30-3)20(11-15)31-4/h5-11,18,21H,12-14H2,1-4H3/t18-,21+/m1/s1. The fourth-order valence-electron chi connectivity index (χ4n) is 4.09. The molecule has 0 spiro atoms. The van der Waals surface area contributed by atoms with Crippen molar-refractivity contribution in [1.82, 2.24) is 0 Å². The Labute approximate surface area is 198 Å². The van der Waals surface area contributed by atoms with Crippen molar-refractivity contribution >= 4 is 44.0 Å². The van der Waals surface area contributed by atoms with Crippen LogP contribution in [0.5, 0.6) is 11.5 Å². The summed E-state index contributed by atoms with van der Waals surface area (Å²) in [6.45, 7) is 0. The molecule has 2 aromatic rings. The lowest BCUT2D eigenvalue weighted by Crippen LogP contribution is -2.37. The minimum atomic E-state index is -3.12. The molecular weight excluding hydrogens is 462 g/mol. The predicted octanol–water partition coefficient (Wildman–Crippen LogP) is 2.61. The van der Waals surface area contributed by atoms with Crippen LogP contribution in [0.2, 0.25) is 0 Å². The molecule has 0 aromatic heterocycles. The molecule has 0 unspecified atom stereocenters. The molecular formula is C23H27N3O5S2. The van der Waals surface area contributed by atoms with Gasteiger partial charge in [0, 0.05) is 30.7 Å². The number of hydrogen-bond donors (Lipinski definition) is 0. The third-order valence-electron chi connectivity index (χ3n) is 5.73. The van der Waals surface area contributed by atoms with Gasteiger partial charge in [0.15, 0.2) is 26.5 Å². The number of sulfone groups is 1. The number of thioether (sulfide) groups is 1. The van der Waals surface area contributed by atoms with Crippen LogP contribution in [0.25, 0.3) is 0 Å². The van der Waals surface area contributed by atoms with E-state index in [4.69, 9.17) is 9.47 Å². The number of benzene rings is 2. The van der Waals surface area contributed by atoms with Crippen LogP contribution in [-0.4, -0.2) is 70.6 Å². The summed E-state index contributed by atoms with van der Waals surface area (Å²) in [6.07, 6.45) is 0.103. The lowest BCUT2D eigenvalue weighted by molar-refractivity contribution is -0.117. The maximum Gasteiger partial charge on any atom is 0.252 e. The molecule has 2 aromatic carbocycles. The Balaban J connectivity index is 1.61. The van der Waals surface area contributed by atoms with Crippen LogP contribution in [0.1, 0.15) is 5.56 Å². The first-order valence-corrected chi connectivity index (χ1v) is 13.2. The number of ether oxygens (including phenoxy) is 2. The quantitative estimate of drug-likeness (QED) is 0.612. The lowest BCUT2D eigenvalue weighted by Gasteiger charge is -2.25. The van der Waals surface area contributed by atoms with Gasteiger partial charge in [-0.2, -0.15) is 4.99 Å². The van der Waals surface area contributed by atoms with E-state index < -0.39 is 9.84 Å². The van der Waals surface area contributed by atoms with Crippen molar-refractivity contribution < 1.29 is 22.7 Å². The molecule has 2 fully saturated rings. The van der Waals surface area contributed by atoms with Crippen LogP contribution < -0.4 is 19.3 Å². The number of carbonyl (C=O) groups is 1. The minimum Gasteiger partial charge on any atom is -0.493 e. The number of aliphatic imine (C=N–C) groups is 1. The number of amidine groups is 1. The summed E-state index contributed by atoms with van der Waals surface area (Å²) < 4.78 is 35.1. The second kappa shape index (κ2) is 9.26. The highest BCUT2D eigenvalue weighted by Crippen LogP contribution is 2.41. The zero-order chi connectivity index (χ0) is 23.8. The van der Waals surface area contributed by atoms with Crippen LogP contribution in [0, 0.1) is 0 Å². The van der Waals surface area contributed by atoms with Crippen LogP contribution in [0.3, 0.4) is 0 Å². The first kappa shape index (κ1) is 23.4. The second-order valence-electron chi connectivity index (χ2n) is 8.24. The number of nitrogens with zero attached hydrogens (tertiary/aromatic N) is 3. The number of rotatable bonds is 6. The van der Waals surface area contributed by atoms with E-state index >= 15 is 0 Å². The molecule has 2 heterocycles. The summed E-state index contributed by atoms with van der Waals surface area (Å²) in [5.41, 5.74) is 2.62. The minimum absolute atomic E-state index is 0.0585. The number of carbonyl (C=O) groups excluding carboxylic acids is 1. The lowest BCUT2D eigenvalue weighted by atomic mass is 10.1. The molecule has 2 aliphatic heterocycles.